The van der Waals surface area contributed by atoms with Gasteiger partial charge < -0.3 is 14.2 Å². The zero-order chi connectivity index (χ0) is 15.8. The summed E-state index contributed by atoms with van der Waals surface area (Å²) in [6, 6.07) is 0.691. The van der Waals surface area contributed by atoms with Gasteiger partial charge in [0.2, 0.25) is 0 Å². The molecule has 0 amide bonds. The molecule has 4 nitrogen and oxygen atoms in total. The first kappa shape index (κ1) is 15.9. The molecule has 118 valence electrons. The van der Waals surface area contributed by atoms with Crippen LogP contribution in [0.3, 0.4) is 0 Å². The third-order valence-corrected chi connectivity index (χ3v) is 3.41. The van der Waals surface area contributed by atoms with E-state index in [1.807, 2.05) is 0 Å². The Kier molecular flexibility index (Phi) is 4.06. The highest BCUT2D eigenvalue weighted by molar-refractivity contribution is 5.54. The number of aromatic nitrogens is 1. The number of alkyl halides is 3. The van der Waals surface area contributed by atoms with E-state index in [1.165, 1.54) is 10.8 Å². The van der Waals surface area contributed by atoms with E-state index >= 15 is 0 Å². The highest BCUT2D eigenvalue weighted by Crippen LogP contribution is 2.36. The second-order valence-corrected chi connectivity index (χ2v) is 6.05. The van der Waals surface area contributed by atoms with E-state index in [-0.39, 0.29) is 5.69 Å². The molecule has 0 saturated carbocycles. The van der Waals surface area contributed by atoms with Gasteiger partial charge in [0.1, 0.15) is 0 Å². The van der Waals surface area contributed by atoms with Gasteiger partial charge in [-0.05, 0) is 20.8 Å². The van der Waals surface area contributed by atoms with Crippen molar-refractivity contribution >= 4 is 5.69 Å². The van der Waals surface area contributed by atoms with Gasteiger partial charge in [0.15, 0.2) is 0 Å². The van der Waals surface area contributed by atoms with Gasteiger partial charge >= 0.3 is 6.18 Å². The van der Waals surface area contributed by atoms with Crippen LogP contribution in [0.5, 0.6) is 0 Å². The number of ether oxygens (including phenoxy) is 1. The minimum atomic E-state index is -4.55. The van der Waals surface area contributed by atoms with Gasteiger partial charge in [-0.25, -0.2) is 0 Å². The van der Waals surface area contributed by atoms with Crippen LogP contribution in [-0.4, -0.2) is 30.9 Å². The highest BCUT2D eigenvalue weighted by atomic mass is 19.4. The average molecular weight is 304 g/mol. The highest BCUT2D eigenvalue weighted by Gasteiger charge is 2.37. The number of nitrogens with zero attached hydrogens (tertiary/aromatic N) is 2. The molecule has 1 aliphatic heterocycles. The van der Waals surface area contributed by atoms with Crippen LogP contribution >= 0.6 is 0 Å². The molecular formula is C14H19F3N2O2. The predicted octanol–water partition coefficient (Wildman–Crippen LogP) is 2.46. The Morgan fingerprint density at radius 2 is 1.71 bits per heavy atom. The second kappa shape index (κ2) is 5.36. The van der Waals surface area contributed by atoms with Gasteiger partial charge in [-0.2, -0.15) is 13.2 Å². The van der Waals surface area contributed by atoms with Gasteiger partial charge in [0.05, 0.1) is 24.5 Å². The Labute approximate surface area is 121 Å². The van der Waals surface area contributed by atoms with E-state index in [0.717, 1.165) is 0 Å². The van der Waals surface area contributed by atoms with Gasteiger partial charge in [0, 0.05) is 30.9 Å². The van der Waals surface area contributed by atoms with Crippen molar-refractivity contribution in [3.05, 3.63) is 28.2 Å². The van der Waals surface area contributed by atoms with Crippen LogP contribution in [0.4, 0.5) is 18.9 Å². The first-order chi connectivity index (χ1) is 9.60. The molecule has 0 bridgehead atoms. The van der Waals surface area contributed by atoms with Crippen LogP contribution in [0.2, 0.25) is 0 Å². The molecule has 0 radical (unpaired) electrons. The fourth-order valence-corrected chi connectivity index (χ4v) is 2.33. The first-order valence-electron chi connectivity index (χ1n) is 6.78. The Morgan fingerprint density at radius 3 is 2.19 bits per heavy atom. The van der Waals surface area contributed by atoms with E-state index in [9.17, 15) is 18.0 Å². The number of hydrogen-bond donors (Lipinski definition) is 0. The fraction of sp³-hybridized carbons (Fsp3) is 0.643. The lowest BCUT2D eigenvalue weighted by Gasteiger charge is -2.33. The molecule has 0 aromatic carbocycles. The Hall–Kier alpha value is -1.50. The lowest BCUT2D eigenvalue weighted by atomic mass is 10.1. The maximum absolute atomic E-state index is 13.2. The molecule has 1 aromatic rings. The molecule has 1 aromatic heterocycles. The topological polar surface area (TPSA) is 34.5 Å². The molecule has 0 spiro atoms. The normalized spacial score (nSPS) is 17.1. The lowest BCUT2D eigenvalue weighted by molar-refractivity contribution is -0.137. The molecule has 2 heterocycles. The third kappa shape index (κ3) is 3.40. The first-order valence-corrected chi connectivity index (χ1v) is 6.78. The minimum Gasteiger partial charge on any atom is -0.378 e. The van der Waals surface area contributed by atoms with Crippen LogP contribution in [0.15, 0.2) is 17.1 Å². The standard InChI is InChI=1S/C14H19F3N2O2/c1-13(2,3)19-9-11(18-4-6-21-7-5-18)10(8-12(19)20)14(15,16)17/h8-9H,4-7H2,1-3H3. The molecular weight excluding hydrogens is 285 g/mol. The maximum atomic E-state index is 13.2. The summed E-state index contributed by atoms with van der Waals surface area (Å²) in [5.41, 5.74) is -2.07. The van der Waals surface area contributed by atoms with E-state index in [1.54, 1.807) is 25.7 Å². The molecule has 21 heavy (non-hydrogen) atoms. The second-order valence-electron chi connectivity index (χ2n) is 6.05. The molecule has 0 N–H and O–H groups in total. The monoisotopic (exact) mass is 304 g/mol. The maximum Gasteiger partial charge on any atom is 0.418 e. The van der Waals surface area contributed by atoms with Crippen LogP contribution in [0.25, 0.3) is 0 Å². The molecule has 7 heteroatoms. The van der Waals surface area contributed by atoms with E-state index in [4.69, 9.17) is 4.74 Å². The fourth-order valence-electron chi connectivity index (χ4n) is 2.33. The number of morpholine rings is 1. The zero-order valence-corrected chi connectivity index (χ0v) is 12.3. The summed E-state index contributed by atoms with van der Waals surface area (Å²) in [7, 11) is 0. The Balaban J connectivity index is 2.60. The molecule has 0 unspecified atom stereocenters. The number of anilines is 1. The van der Waals surface area contributed by atoms with Gasteiger partial charge in [0.25, 0.3) is 5.56 Å². The van der Waals surface area contributed by atoms with E-state index < -0.39 is 22.8 Å². The van der Waals surface area contributed by atoms with Crippen LogP contribution < -0.4 is 10.5 Å². The average Bonchev–Trinajstić information content (AvgIpc) is 2.37. The molecule has 1 fully saturated rings. The number of halogens is 3. The van der Waals surface area contributed by atoms with Crippen molar-refractivity contribution in [1.29, 1.82) is 0 Å². The number of pyridine rings is 1. The smallest absolute Gasteiger partial charge is 0.378 e. The Morgan fingerprint density at radius 1 is 1.14 bits per heavy atom. The summed E-state index contributed by atoms with van der Waals surface area (Å²) in [6.45, 7) is 6.87. The van der Waals surface area contributed by atoms with Crippen molar-refractivity contribution in [1.82, 2.24) is 4.57 Å². The van der Waals surface area contributed by atoms with Gasteiger partial charge in [-0.3, -0.25) is 4.79 Å². The molecule has 2 rings (SSSR count). The summed E-state index contributed by atoms with van der Waals surface area (Å²) >= 11 is 0. The van der Waals surface area contributed by atoms with Crippen molar-refractivity contribution in [2.45, 2.75) is 32.5 Å². The molecule has 0 atom stereocenters. The molecule has 0 aliphatic carbocycles. The van der Waals surface area contributed by atoms with Gasteiger partial charge in [-0.15, -0.1) is 0 Å². The van der Waals surface area contributed by atoms with Crippen LogP contribution in [0, 0.1) is 0 Å². The summed E-state index contributed by atoms with van der Waals surface area (Å²) in [5, 5.41) is 0. The molecule has 1 aliphatic rings. The summed E-state index contributed by atoms with van der Waals surface area (Å²) in [6.07, 6.45) is -3.24. The van der Waals surface area contributed by atoms with Crippen molar-refractivity contribution in [3.63, 3.8) is 0 Å². The van der Waals surface area contributed by atoms with Crippen molar-refractivity contribution in [3.8, 4) is 0 Å². The van der Waals surface area contributed by atoms with Crippen LogP contribution in [0.1, 0.15) is 26.3 Å². The quantitative estimate of drug-likeness (QED) is 0.799. The summed E-state index contributed by atoms with van der Waals surface area (Å²) in [5.74, 6) is 0. The van der Waals surface area contributed by atoms with Crippen molar-refractivity contribution in [2.75, 3.05) is 31.2 Å². The number of hydrogen-bond acceptors (Lipinski definition) is 3. The Bertz CT molecular complexity index is 567. The van der Waals surface area contributed by atoms with E-state index in [0.29, 0.717) is 32.4 Å². The van der Waals surface area contributed by atoms with E-state index in [2.05, 4.69) is 0 Å². The van der Waals surface area contributed by atoms with Crippen LogP contribution in [-0.2, 0) is 16.5 Å². The van der Waals surface area contributed by atoms with Crippen molar-refractivity contribution < 1.29 is 17.9 Å². The minimum absolute atomic E-state index is 0.0420. The van der Waals surface area contributed by atoms with Gasteiger partial charge in [-0.1, -0.05) is 0 Å². The summed E-state index contributed by atoms with van der Waals surface area (Å²) < 4.78 is 46.1. The third-order valence-electron chi connectivity index (χ3n) is 3.41. The SMILES string of the molecule is CC(C)(C)n1cc(N2CCOCC2)c(C(F)(F)F)cc1=O. The predicted molar refractivity (Wildman–Crippen MR) is 73.7 cm³/mol. The number of rotatable bonds is 1. The molecule has 1 saturated heterocycles. The largest absolute Gasteiger partial charge is 0.418 e. The lowest BCUT2D eigenvalue weighted by Crippen LogP contribution is -2.40. The zero-order valence-electron chi connectivity index (χ0n) is 12.3. The summed E-state index contributed by atoms with van der Waals surface area (Å²) in [4.78, 5) is 13.6. The van der Waals surface area contributed by atoms with Crippen molar-refractivity contribution in [2.24, 2.45) is 0 Å².